The molecule has 2 aromatic rings. The van der Waals surface area contributed by atoms with Gasteiger partial charge in [0.15, 0.2) is 5.75 Å². The number of aliphatic hydroxyl groups is 1. The van der Waals surface area contributed by atoms with E-state index in [9.17, 15) is 4.79 Å². The first-order valence-electron chi connectivity index (χ1n) is 6.79. The Bertz CT molecular complexity index is 635. The molecule has 6 heteroatoms. The van der Waals surface area contributed by atoms with Gasteiger partial charge in [0, 0.05) is 5.02 Å². The number of rotatable bonds is 5. The van der Waals surface area contributed by atoms with Crippen LogP contribution in [0.5, 0.6) is 11.5 Å². The van der Waals surface area contributed by atoms with E-state index >= 15 is 0 Å². The summed E-state index contributed by atoms with van der Waals surface area (Å²) in [5, 5.41) is 14.7. The molecule has 0 radical (unpaired) electrons. The van der Waals surface area contributed by atoms with Crippen LogP contribution in [0.25, 0.3) is 0 Å². The summed E-state index contributed by atoms with van der Waals surface area (Å²) in [5.74, 6) is 1.12. The minimum absolute atomic E-state index is 0.143. The van der Waals surface area contributed by atoms with Crippen molar-refractivity contribution in [2.24, 2.45) is 0 Å². The molecule has 0 heterocycles. The second-order valence-electron chi connectivity index (χ2n) is 4.74. The number of ether oxygens (including phenoxy) is 1. The van der Waals surface area contributed by atoms with Crippen molar-refractivity contribution >= 4 is 23.3 Å². The van der Waals surface area contributed by atoms with E-state index in [-0.39, 0.29) is 12.6 Å². The zero-order valence-corrected chi connectivity index (χ0v) is 12.8. The number of carbonyl (C=O) groups is 1. The van der Waals surface area contributed by atoms with E-state index in [0.29, 0.717) is 22.2 Å². The van der Waals surface area contributed by atoms with Gasteiger partial charge in [-0.3, -0.25) is 0 Å². The van der Waals surface area contributed by atoms with Crippen molar-refractivity contribution in [2.45, 2.75) is 13.0 Å². The van der Waals surface area contributed by atoms with Gasteiger partial charge in [0.05, 0.1) is 18.3 Å². The van der Waals surface area contributed by atoms with Crippen LogP contribution in [-0.2, 0) is 0 Å². The van der Waals surface area contributed by atoms with Crippen molar-refractivity contribution in [2.75, 3.05) is 11.9 Å². The zero-order chi connectivity index (χ0) is 15.9. The highest BCUT2D eigenvalue weighted by Gasteiger charge is 2.11. The lowest BCUT2D eigenvalue weighted by Crippen LogP contribution is -2.38. The number of amides is 2. The molecule has 0 aromatic heterocycles. The quantitative estimate of drug-likeness (QED) is 0.787. The first-order valence-corrected chi connectivity index (χ1v) is 7.17. The molecule has 116 valence electrons. The fourth-order valence-electron chi connectivity index (χ4n) is 1.73. The number of carbonyl (C=O) groups excluding carboxylic acids is 1. The van der Waals surface area contributed by atoms with Crippen LogP contribution in [0, 0.1) is 0 Å². The Hall–Kier alpha value is -2.24. The van der Waals surface area contributed by atoms with E-state index in [0.717, 1.165) is 0 Å². The Kier molecular flexibility index (Phi) is 5.63. The Morgan fingerprint density at radius 2 is 2.00 bits per heavy atom. The van der Waals surface area contributed by atoms with E-state index < -0.39 is 6.03 Å². The average Bonchev–Trinajstić information content (AvgIpc) is 2.51. The number of aliphatic hydroxyl groups excluding tert-OH is 1. The number of hydrogen-bond acceptors (Lipinski definition) is 3. The summed E-state index contributed by atoms with van der Waals surface area (Å²) in [6.45, 7) is 1.55. The third kappa shape index (κ3) is 4.65. The zero-order valence-electron chi connectivity index (χ0n) is 12.0. The highest BCUT2D eigenvalue weighted by atomic mass is 35.5. The lowest BCUT2D eigenvalue weighted by molar-refractivity contribution is 0.229. The molecule has 22 heavy (non-hydrogen) atoms. The molecular weight excluding hydrogens is 304 g/mol. The molecule has 0 spiro atoms. The first kappa shape index (κ1) is 16.1. The van der Waals surface area contributed by atoms with Gasteiger partial charge in [-0.1, -0.05) is 29.8 Å². The molecule has 0 bridgehead atoms. The average molecular weight is 321 g/mol. The van der Waals surface area contributed by atoms with E-state index in [1.54, 1.807) is 25.1 Å². The maximum Gasteiger partial charge on any atom is 0.319 e. The van der Waals surface area contributed by atoms with Crippen LogP contribution in [0.15, 0.2) is 48.5 Å². The SMILES string of the molecule is CC(CO)NC(=O)Nc1cc(Cl)ccc1Oc1ccccc1. The molecule has 1 atom stereocenters. The minimum Gasteiger partial charge on any atom is -0.455 e. The molecule has 0 saturated heterocycles. The number of benzene rings is 2. The summed E-state index contributed by atoms with van der Waals surface area (Å²) < 4.78 is 5.75. The Morgan fingerprint density at radius 1 is 1.27 bits per heavy atom. The Morgan fingerprint density at radius 3 is 2.68 bits per heavy atom. The van der Waals surface area contributed by atoms with E-state index in [2.05, 4.69) is 10.6 Å². The molecule has 2 aromatic carbocycles. The van der Waals surface area contributed by atoms with Crippen LogP contribution in [-0.4, -0.2) is 23.8 Å². The fraction of sp³-hybridized carbons (Fsp3) is 0.188. The molecule has 0 fully saturated rings. The van der Waals surface area contributed by atoms with Gasteiger partial charge in [-0.15, -0.1) is 0 Å². The highest BCUT2D eigenvalue weighted by molar-refractivity contribution is 6.31. The van der Waals surface area contributed by atoms with Crippen LogP contribution in [0.4, 0.5) is 10.5 Å². The van der Waals surface area contributed by atoms with Crippen molar-refractivity contribution in [3.63, 3.8) is 0 Å². The normalized spacial score (nSPS) is 11.6. The van der Waals surface area contributed by atoms with Gasteiger partial charge >= 0.3 is 6.03 Å². The van der Waals surface area contributed by atoms with Gasteiger partial charge < -0.3 is 20.5 Å². The van der Waals surface area contributed by atoms with Gasteiger partial charge in [0.2, 0.25) is 0 Å². The molecule has 1 unspecified atom stereocenters. The van der Waals surface area contributed by atoms with Gasteiger partial charge in [-0.25, -0.2) is 4.79 Å². The molecule has 0 aliphatic rings. The third-order valence-electron chi connectivity index (χ3n) is 2.81. The molecular formula is C16H17ClN2O3. The number of para-hydroxylation sites is 1. The fourth-order valence-corrected chi connectivity index (χ4v) is 1.90. The van der Waals surface area contributed by atoms with Gasteiger partial charge in [-0.05, 0) is 37.3 Å². The monoisotopic (exact) mass is 320 g/mol. The lowest BCUT2D eigenvalue weighted by atomic mass is 10.3. The van der Waals surface area contributed by atoms with Crippen LogP contribution < -0.4 is 15.4 Å². The summed E-state index contributed by atoms with van der Waals surface area (Å²) in [6.07, 6.45) is 0. The molecule has 3 N–H and O–H groups in total. The second kappa shape index (κ2) is 7.68. The number of nitrogens with one attached hydrogen (secondary N) is 2. The summed E-state index contributed by atoms with van der Waals surface area (Å²) in [7, 11) is 0. The second-order valence-corrected chi connectivity index (χ2v) is 5.17. The molecule has 2 amide bonds. The van der Waals surface area contributed by atoms with Crippen molar-refractivity contribution in [1.82, 2.24) is 5.32 Å². The summed E-state index contributed by atoms with van der Waals surface area (Å²) >= 11 is 5.97. The van der Waals surface area contributed by atoms with Crippen molar-refractivity contribution in [1.29, 1.82) is 0 Å². The topological polar surface area (TPSA) is 70.6 Å². The number of halogens is 1. The predicted octanol–water partition coefficient (Wildman–Crippen LogP) is 3.63. The number of urea groups is 1. The predicted molar refractivity (Wildman–Crippen MR) is 86.7 cm³/mol. The summed E-state index contributed by atoms with van der Waals surface area (Å²) in [4.78, 5) is 11.9. The van der Waals surface area contributed by atoms with Crippen molar-refractivity contribution in [3.05, 3.63) is 53.6 Å². The number of anilines is 1. The van der Waals surface area contributed by atoms with E-state index in [1.165, 1.54) is 0 Å². The van der Waals surface area contributed by atoms with Gasteiger partial charge in [-0.2, -0.15) is 0 Å². The van der Waals surface area contributed by atoms with Gasteiger partial charge in [0.1, 0.15) is 5.75 Å². The lowest BCUT2D eigenvalue weighted by Gasteiger charge is -2.15. The first-order chi connectivity index (χ1) is 10.6. The van der Waals surface area contributed by atoms with Crippen LogP contribution in [0.3, 0.4) is 0 Å². The van der Waals surface area contributed by atoms with E-state index in [1.807, 2.05) is 30.3 Å². The molecule has 0 aliphatic carbocycles. The van der Waals surface area contributed by atoms with E-state index in [4.69, 9.17) is 21.4 Å². The Balaban J connectivity index is 2.15. The largest absolute Gasteiger partial charge is 0.455 e. The maximum atomic E-state index is 11.9. The minimum atomic E-state index is -0.443. The summed E-state index contributed by atoms with van der Waals surface area (Å²) in [5.41, 5.74) is 0.444. The van der Waals surface area contributed by atoms with Gasteiger partial charge in [0.25, 0.3) is 0 Å². The third-order valence-corrected chi connectivity index (χ3v) is 3.05. The summed E-state index contributed by atoms with van der Waals surface area (Å²) in [6, 6.07) is 13.4. The van der Waals surface area contributed by atoms with Crippen LogP contribution >= 0.6 is 11.6 Å². The smallest absolute Gasteiger partial charge is 0.319 e. The highest BCUT2D eigenvalue weighted by Crippen LogP contribution is 2.31. The molecule has 5 nitrogen and oxygen atoms in total. The molecule has 2 rings (SSSR count). The number of hydrogen-bond donors (Lipinski definition) is 3. The van der Waals surface area contributed by atoms with Crippen LogP contribution in [0.1, 0.15) is 6.92 Å². The standard InChI is InChI=1S/C16H17ClN2O3/c1-11(10-20)18-16(21)19-14-9-12(17)7-8-15(14)22-13-5-3-2-4-6-13/h2-9,11,20H,10H2,1H3,(H2,18,19,21). The molecule has 0 aliphatic heterocycles. The Labute approximate surface area is 133 Å². The van der Waals surface area contributed by atoms with Crippen molar-refractivity contribution in [3.8, 4) is 11.5 Å². The maximum absolute atomic E-state index is 11.9. The molecule has 0 saturated carbocycles. The van der Waals surface area contributed by atoms with Crippen molar-refractivity contribution < 1.29 is 14.6 Å². The van der Waals surface area contributed by atoms with Crippen LogP contribution in [0.2, 0.25) is 5.02 Å².